The van der Waals surface area contributed by atoms with E-state index in [1.54, 1.807) is 0 Å². The molecular weight excluding hydrogens is 300 g/mol. The Labute approximate surface area is 143 Å². The van der Waals surface area contributed by atoms with Gasteiger partial charge in [-0.05, 0) is 42.9 Å². The number of ether oxygens (including phenoxy) is 1. The Hall–Kier alpha value is -1.81. The number of piperidine rings is 1. The van der Waals surface area contributed by atoms with E-state index in [9.17, 15) is 4.79 Å². The first-order valence-corrected chi connectivity index (χ1v) is 9.14. The van der Waals surface area contributed by atoms with Crippen molar-refractivity contribution in [2.24, 2.45) is 11.8 Å². The van der Waals surface area contributed by atoms with Gasteiger partial charge in [0.1, 0.15) is 12.4 Å². The minimum Gasteiger partial charge on any atom is -0.489 e. The Kier molecular flexibility index (Phi) is 4.31. The molecule has 4 nitrogen and oxygen atoms in total. The SMILES string of the molecule is CC1CN(C(=O)C2CC2)CCC1NCC1=Cc2ccccc2OC1. The number of fused-ring (bicyclic) bond motifs is 1. The molecule has 0 spiro atoms. The lowest BCUT2D eigenvalue weighted by Gasteiger charge is -2.38. The molecule has 2 heterocycles. The predicted octanol–water partition coefficient (Wildman–Crippen LogP) is 2.70. The van der Waals surface area contributed by atoms with Crippen molar-refractivity contribution in [3.63, 3.8) is 0 Å². The van der Waals surface area contributed by atoms with Gasteiger partial charge in [-0.25, -0.2) is 0 Å². The predicted molar refractivity (Wildman–Crippen MR) is 94.8 cm³/mol. The summed E-state index contributed by atoms with van der Waals surface area (Å²) < 4.78 is 5.82. The van der Waals surface area contributed by atoms with E-state index in [1.165, 1.54) is 11.1 Å². The Balaban J connectivity index is 1.31. The van der Waals surface area contributed by atoms with Gasteiger partial charge in [-0.3, -0.25) is 4.79 Å². The summed E-state index contributed by atoms with van der Waals surface area (Å²) in [5.41, 5.74) is 2.45. The molecule has 2 atom stereocenters. The second-order valence-corrected chi connectivity index (χ2v) is 7.44. The normalized spacial score (nSPS) is 26.4. The van der Waals surface area contributed by atoms with Crippen molar-refractivity contribution >= 4 is 12.0 Å². The number of carbonyl (C=O) groups excluding carboxylic acids is 1. The van der Waals surface area contributed by atoms with Gasteiger partial charge >= 0.3 is 0 Å². The van der Waals surface area contributed by atoms with Crippen molar-refractivity contribution in [2.45, 2.75) is 32.2 Å². The van der Waals surface area contributed by atoms with Crippen molar-refractivity contribution in [3.05, 3.63) is 35.4 Å². The fraction of sp³-hybridized carbons (Fsp3) is 0.550. The summed E-state index contributed by atoms with van der Waals surface area (Å²) in [4.78, 5) is 14.3. The fourth-order valence-electron chi connectivity index (χ4n) is 3.76. The molecule has 1 aromatic carbocycles. The van der Waals surface area contributed by atoms with Crippen LogP contribution in [0.1, 0.15) is 31.7 Å². The van der Waals surface area contributed by atoms with E-state index in [-0.39, 0.29) is 0 Å². The Morgan fingerprint density at radius 2 is 2.12 bits per heavy atom. The lowest BCUT2D eigenvalue weighted by atomic mass is 9.93. The maximum atomic E-state index is 12.2. The van der Waals surface area contributed by atoms with Crippen LogP contribution in [0.4, 0.5) is 0 Å². The second kappa shape index (κ2) is 6.60. The van der Waals surface area contributed by atoms with Gasteiger partial charge in [0.15, 0.2) is 0 Å². The molecule has 1 amide bonds. The Morgan fingerprint density at radius 1 is 1.29 bits per heavy atom. The summed E-state index contributed by atoms with van der Waals surface area (Å²) in [5.74, 6) is 2.20. The molecule has 1 aromatic rings. The molecule has 2 unspecified atom stereocenters. The first-order valence-electron chi connectivity index (χ1n) is 9.14. The van der Waals surface area contributed by atoms with Gasteiger partial charge in [0.2, 0.25) is 5.91 Å². The van der Waals surface area contributed by atoms with Crippen molar-refractivity contribution < 1.29 is 9.53 Å². The van der Waals surface area contributed by atoms with Gasteiger partial charge in [0, 0.05) is 37.2 Å². The van der Waals surface area contributed by atoms with Crippen LogP contribution in [0.2, 0.25) is 0 Å². The minimum atomic E-state index is 0.339. The van der Waals surface area contributed by atoms with E-state index in [2.05, 4.69) is 29.3 Å². The monoisotopic (exact) mass is 326 g/mol. The molecule has 4 heteroatoms. The molecule has 4 rings (SSSR count). The quantitative estimate of drug-likeness (QED) is 0.925. The Morgan fingerprint density at radius 3 is 2.92 bits per heavy atom. The highest BCUT2D eigenvalue weighted by molar-refractivity contribution is 5.81. The van der Waals surface area contributed by atoms with Crippen molar-refractivity contribution in [3.8, 4) is 5.75 Å². The van der Waals surface area contributed by atoms with Crippen LogP contribution >= 0.6 is 0 Å². The Bertz CT molecular complexity index is 651. The van der Waals surface area contributed by atoms with Gasteiger partial charge in [-0.15, -0.1) is 0 Å². The third-order valence-electron chi connectivity index (χ3n) is 5.43. The molecule has 24 heavy (non-hydrogen) atoms. The fourth-order valence-corrected chi connectivity index (χ4v) is 3.76. The molecule has 128 valence electrons. The molecular formula is C20H26N2O2. The van der Waals surface area contributed by atoms with E-state index < -0.39 is 0 Å². The molecule has 2 fully saturated rings. The highest BCUT2D eigenvalue weighted by Crippen LogP contribution is 2.32. The lowest BCUT2D eigenvalue weighted by molar-refractivity contribution is -0.134. The van der Waals surface area contributed by atoms with E-state index >= 15 is 0 Å². The molecule has 0 radical (unpaired) electrons. The third kappa shape index (κ3) is 3.34. The number of amides is 1. The maximum Gasteiger partial charge on any atom is 0.225 e. The number of para-hydroxylation sites is 1. The van der Waals surface area contributed by atoms with E-state index in [4.69, 9.17) is 4.74 Å². The minimum absolute atomic E-state index is 0.339. The highest BCUT2D eigenvalue weighted by atomic mass is 16.5. The van der Waals surface area contributed by atoms with Crippen LogP contribution in [0.5, 0.6) is 5.75 Å². The highest BCUT2D eigenvalue weighted by Gasteiger charge is 2.36. The zero-order valence-electron chi connectivity index (χ0n) is 14.3. The van der Waals surface area contributed by atoms with Crippen LogP contribution in [-0.4, -0.2) is 43.1 Å². The van der Waals surface area contributed by atoms with Crippen LogP contribution in [0, 0.1) is 11.8 Å². The molecule has 2 aliphatic heterocycles. The number of rotatable bonds is 4. The van der Waals surface area contributed by atoms with Crippen molar-refractivity contribution in [1.29, 1.82) is 0 Å². The van der Waals surface area contributed by atoms with Gasteiger partial charge in [0.05, 0.1) is 0 Å². The van der Waals surface area contributed by atoms with Gasteiger partial charge < -0.3 is 15.0 Å². The van der Waals surface area contributed by atoms with Crippen LogP contribution in [-0.2, 0) is 4.79 Å². The number of carbonyl (C=O) groups is 1. The average Bonchev–Trinajstić information content (AvgIpc) is 3.45. The average molecular weight is 326 g/mol. The smallest absolute Gasteiger partial charge is 0.225 e. The lowest BCUT2D eigenvalue weighted by Crippen LogP contribution is -2.51. The largest absolute Gasteiger partial charge is 0.489 e. The molecule has 1 N–H and O–H groups in total. The van der Waals surface area contributed by atoms with Crippen molar-refractivity contribution in [1.82, 2.24) is 10.2 Å². The zero-order valence-corrected chi connectivity index (χ0v) is 14.3. The number of nitrogens with one attached hydrogen (secondary N) is 1. The number of hydrogen-bond acceptors (Lipinski definition) is 3. The number of nitrogens with zero attached hydrogens (tertiary/aromatic N) is 1. The summed E-state index contributed by atoms with van der Waals surface area (Å²) in [7, 11) is 0. The molecule has 0 bridgehead atoms. The molecule has 0 aromatic heterocycles. The molecule has 3 aliphatic rings. The molecule has 1 saturated carbocycles. The molecule has 1 saturated heterocycles. The van der Waals surface area contributed by atoms with Gasteiger partial charge in [0.25, 0.3) is 0 Å². The zero-order chi connectivity index (χ0) is 16.5. The van der Waals surface area contributed by atoms with Crippen molar-refractivity contribution in [2.75, 3.05) is 26.2 Å². The van der Waals surface area contributed by atoms with E-state index in [0.29, 0.717) is 30.4 Å². The van der Waals surface area contributed by atoms with Crippen LogP contribution in [0.3, 0.4) is 0 Å². The van der Waals surface area contributed by atoms with Gasteiger partial charge in [-0.2, -0.15) is 0 Å². The summed E-state index contributed by atoms with van der Waals surface area (Å²) in [6, 6.07) is 8.65. The number of hydrogen-bond donors (Lipinski definition) is 1. The topological polar surface area (TPSA) is 41.6 Å². The standard InChI is InChI=1S/C20H26N2O2/c1-14-12-22(20(23)16-6-7-16)9-8-18(14)21-11-15-10-17-4-2-3-5-19(17)24-13-15/h2-5,10,14,16,18,21H,6-9,11-13H2,1H3. The summed E-state index contributed by atoms with van der Waals surface area (Å²) in [6.45, 7) is 5.57. The van der Waals surface area contributed by atoms with Crippen LogP contribution in [0.25, 0.3) is 6.08 Å². The summed E-state index contributed by atoms with van der Waals surface area (Å²) in [6.07, 6.45) is 5.48. The third-order valence-corrected chi connectivity index (χ3v) is 5.43. The number of benzene rings is 1. The van der Waals surface area contributed by atoms with E-state index in [0.717, 1.165) is 44.6 Å². The first kappa shape index (κ1) is 15.7. The van der Waals surface area contributed by atoms with E-state index in [1.807, 2.05) is 18.2 Å². The number of likely N-dealkylation sites (tertiary alicyclic amines) is 1. The summed E-state index contributed by atoms with van der Waals surface area (Å²) in [5, 5.41) is 3.69. The summed E-state index contributed by atoms with van der Waals surface area (Å²) >= 11 is 0. The maximum absolute atomic E-state index is 12.2. The second-order valence-electron chi connectivity index (χ2n) is 7.44. The van der Waals surface area contributed by atoms with Gasteiger partial charge in [-0.1, -0.05) is 25.1 Å². The van der Waals surface area contributed by atoms with Crippen LogP contribution < -0.4 is 10.1 Å². The molecule has 1 aliphatic carbocycles. The first-order chi connectivity index (χ1) is 11.7. The van der Waals surface area contributed by atoms with Crippen LogP contribution in [0.15, 0.2) is 29.8 Å².